The summed E-state index contributed by atoms with van der Waals surface area (Å²) in [6.07, 6.45) is 3.98. The number of hydrogen-bond acceptors (Lipinski definition) is 6. The molecule has 2 N–H and O–H groups in total. The number of hydrogen-bond donors (Lipinski definition) is 2. The van der Waals surface area contributed by atoms with Crippen LogP contribution in [0.3, 0.4) is 0 Å². The molecule has 8 nitrogen and oxygen atoms in total. The van der Waals surface area contributed by atoms with E-state index in [1.807, 2.05) is 18.2 Å². The van der Waals surface area contributed by atoms with Crippen LogP contribution in [0.15, 0.2) is 54.9 Å². The number of anilines is 1. The van der Waals surface area contributed by atoms with E-state index < -0.39 is 0 Å². The van der Waals surface area contributed by atoms with Gasteiger partial charge in [-0.2, -0.15) is 0 Å². The summed E-state index contributed by atoms with van der Waals surface area (Å²) in [6, 6.07) is 12.2. The Bertz CT molecular complexity index is 1040. The molecule has 3 aliphatic rings. The fourth-order valence-corrected chi connectivity index (χ4v) is 4.03. The monoisotopic (exact) mass is 426 g/mol. The Kier molecular flexibility index (Phi) is 4.72. The molecule has 1 saturated heterocycles. The van der Waals surface area contributed by atoms with Crippen molar-refractivity contribution in [3.63, 3.8) is 0 Å². The van der Waals surface area contributed by atoms with Crippen molar-refractivity contribution in [2.45, 2.75) is 18.5 Å². The predicted octanol–water partition coefficient (Wildman–Crippen LogP) is 2.64. The minimum atomic E-state index is -0.385. The van der Waals surface area contributed by atoms with Gasteiger partial charge in [0, 0.05) is 23.1 Å². The number of amides is 2. The predicted molar refractivity (Wildman–Crippen MR) is 110 cm³/mol. The zero-order valence-electron chi connectivity index (χ0n) is 15.9. The van der Waals surface area contributed by atoms with E-state index in [1.54, 1.807) is 41.7 Å². The highest BCUT2D eigenvalue weighted by Gasteiger charge is 2.40. The van der Waals surface area contributed by atoms with E-state index in [1.165, 1.54) is 4.90 Å². The second-order valence-corrected chi connectivity index (χ2v) is 7.71. The van der Waals surface area contributed by atoms with Crippen LogP contribution in [0, 0.1) is 0 Å². The van der Waals surface area contributed by atoms with Gasteiger partial charge in [-0.05, 0) is 42.3 Å². The quantitative estimate of drug-likeness (QED) is 0.782. The first-order chi connectivity index (χ1) is 14.6. The van der Waals surface area contributed by atoms with Gasteiger partial charge in [0.05, 0.1) is 6.04 Å². The molecule has 2 aromatic rings. The SMILES string of the molecule is O=C(CN1C=CN2NC(c3ccc4c(c3)OCO4)CC2C1=O)Nc1cccc(Cl)c1. The Labute approximate surface area is 178 Å². The van der Waals surface area contributed by atoms with E-state index >= 15 is 0 Å². The summed E-state index contributed by atoms with van der Waals surface area (Å²) in [5.41, 5.74) is 4.94. The molecule has 9 heteroatoms. The summed E-state index contributed by atoms with van der Waals surface area (Å²) in [5.74, 6) is 1.01. The van der Waals surface area contributed by atoms with Gasteiger partial charge in [0.1, 0.15) is 12.6 Å². The van der Waals surface area contributed by atoms with Crippen molar-refractivity contribution in [3.8, 4) is 11.5 Å². The van der Waals surface area contributed by atoms with E-state index in [9.17, 15) is 9.59 Å². The van der Waals surface area contributed by atoms with Gasteiger partial charge in [-0.1, -0.05) is 23.7 Å². The summed E-state index contributed by atoms with van der Waals surface area (Å²) in [7, 11) is 0. The molecule has 2 amide bonds. The number of carbonyl (C=O) groups excluding carboxylic acids is 2. The Balaban J connectivity index is 1.24. The van der Waals surface area contributed by atoms with E-state index in [-0.39, 0.29) is 37.2 Å². The lowest BCUT2D eigenvalue weighted by Gasteiger charge is -2.31. The minimum absolute atomic E-state index is 0.0432. The maximum absolute atomic E-state index is 13.0. The van der Waals surface area contributed by atoms with Crippen LogP contribution in [0.2, 0.25) is 5.02 Å². The van der Waals surface area contributed by atoms with Crippen LogP contribution in [0.25, 0.3) is 0 Å². The summed E-state index contributed by atoms with van der Waals surface area (Å²) >= 11 is 5.95. The number of ether oxygens (including phenoxy) is 2. The first kappa shape index (κ1) is 18.8. The van der Waals surface area contributed by atoms with Crippen LogP contribution in [0.1, 0.15) is 18.0 Å². The average molecular weight is 427 g/mol. The van der Waals surface area contributed by atoms with Crippen molar-refractivity contribution in [2.75, 3.05) is 18.7 Å². The molecule has 2 unspecified atom stereocenters. The maximum Gasteiger partial charge on any atom is 0.251 e. The molecule has 0 radical (unpaired) electrons. The Morgan fingerprint density at radius 3 is 2.90 bits per heavy atom. The first-order valence-electron chi connectivity index (χ1n) is 9.55. The number of nitrogens with zero attached hydrogens (tertiary/aromatic N) is 2. The molecule has 3 heterocycles. The molecule has 3 aliphatic heterocycles. The Morgan fingerprint density at radius 1 is 1.17 bits per heavy atom. The minimum Gasteiger partial charge on any atom is -0.454 e. The van der Waals surface area contributed by atoms with E-state index in [2.05, 4.69) is 10.7 Å². The molecule has 2 aromatic carbocycles. The number of rotatable bonds is 4. The topological polar surface area (TPSA) is 83.1 Å². The molecule has 0 bridgehead atoms. The highest BCUT2D eigenvalue weighted by atomic mass is 35.5. The lowest BCUT2D eigenvalue weighted by Crippen LogP contribution is -2.49. The van der Waals surface area contributed by atoms with Crippen LogP contribution in [0.5, 0.6) is 11.5 Å². The van der Waals surface area contributed by atoms with Crippen LogP contribution in [-0.2, 0) is 9.59 Å². The van der Waals surface area contributed by atoms with Gasteiger partial charge < -0.3 is 24.7 Å². The Hall–Kier alpha value is -3.23. The van der Waals surface area contributed by atoms with Gasteiger partial charge in [0.2, 0.25) is 12.7 Å². The van der Waals surface area contributed by atoms with E-state index in [0.29, 0.717) is 22.9 Å². The molecule has 0 spiro atoms. The normalized spacial score (nSPS) is 21.7. The number of halogens is 1. The van der Waals surface area contributed by atoms with Crippen LogP contribution in [0.4, 0.5) is 5.69 Å². The molecular weight excluding hydrogens is 408 g/mol. The molecule has 0 saturated carbocycles. The fourth-order valence-electron chi connectivity index (χ4n) is 3.84. The molecular formula is C21H19ClN4O4. The third kappa shape index (κ3) is 3.55. The molecule has 154 valence electrons. The van der Waals surface area contributed by atoms with Crippen molar-refractivity contribution in [2.24, 2.45) is 0 Å². The molecule has 0 aromatic heterocycles. The smallest absolute Gasteiger partial charge is 0.251 e. The van der Waals surface area contributed by atoms with Crippen molar-refractivity contribution in [1.82, 2.24) is 15.3 Å². The number of nitrogens with one attached hydrogen (secondary N) is 2. The van der Waals surface area contributed by atoms with E-state index in [4.69, 9.17) is 21.1 Å². The van der Waals surface area contributed by atoms with Gasteiger partial charge >= 0.3 is 0 Å². The third-order valence-electron chi connectivity index (χ3n) is 5.30. The average Bonchev–Trinajstić information content (AvgIpc) is 3.36. The molecule has 2 atom stereocenters. The van der Waals surface area contributed by atoms with Crippen LogP contribution >= 0.6 is 11.6 Å². The number of benzene rings is 2. The number of fused-ring (bicyclic) bond motifs is 2. The second-order valence-electron chi connectivity index (χ2n) is 7.28. The zero-order chi connectivity index (χ0) is 20.7. The first-order valence-corrected chi connectivity index (χ1v) is 9.93. The van der Waals surface area contributed by atoms with Gasteiger partial charge in [-0.15, -0.1) is 0 Å². The zero-order valence-corrected chi connectivity index (χ0v) is 16.6. The molecule has 1 fully saturated rings. The van der Waals surface area contributed by atoms with Gasteiger partial charge in [-0.25, -0.2) is 5.43 Å². The second kappa shape index (κ2) is 7.55. The van der Waals surface area contributed by atoms with Crippen molar-refractivity contribution in [1.29, 1.82) is 0 Å². The lowest BCUT2D eigenvalue weighted by molar-refractivity contribution is -0.137. The van der Waals surface area contributed by atoms with Crippen LogP contribution in [-0.4, -0.2) is 41.1 Å². The summed E-state index contributed by atoms with van der Waals surface area (Å²) in [5, 5.41) is 5.09. The van der Waals surface area contributed by atoms with Gasteiger partial charge in [0.15, 0.2) is 11.5 Å². The number of carbonyl (C=O) groups is 2. The largest absolute Gasteiger partial charge is 0.454 e. The van der Waals surface area contributed by atoms with E-state index in [0.717, 1.165) is 11.3 Å². The summed E-state index contributed by atoms with van der Waals surface area (Å²) in [6.45, 7) is 0.153. The highest BCUT2D eigenvalue weighted by molar-refractivity contribution is 6.30. The maximum atomic E-state index is 13.0. The fraction of sp³-hybridized carbons (Fsp3) is 0.238. The van der Waals surface area contributed by atoms with Gasteiger partial charge in [-0.3, -0.25) is 9.59 Å². The molecule has 5 rings (SSSR count). The van der Waals surface area contributed by atoms with Gasteiger partial charge in [0.25, 0.3) is 5.91 Å². The Morgan fingerprint density at radius 2 is 2.03 bits per heavy atom. The van der Waals surface area contributed by atoms with Crippen molar-refractivity contribution >= 4 is 29.1 Å². The van der Waals surface area contributed by atoms with Crippen molar-refractivity contribution in [3.05, 3.63) is 65.5 Å². The lowest BCUT2D eigenvalue weighted by atomic mass is 10.0. The molecule has 30 heavy (non-hydrogen) atoms. The molecule has 0 aliphatic carbocycles. The highest BCUT2D eigenvalue weighted by Crippen LogP contribution is 2.37. The number of hydrazine groups is 1. The summed E-state index contributed by atoms with van der Waals surface area (Å²) < 4.78 is 10.8. The third-order valence-corrected chi connectivity index (χ3v) is 5.53. The standard InChI is InChI=1S/C21H19ClN4O4/c22-14-2-1-3-15(9-14)23-20(27)11-25-6-7-26-17(21(25)28)10-16(24-26)13-4-5-18-19(8-13)30-12-29-18/h1-9,16-17,24H,10-12H2,(H,23,27). The summed E-state index contributed by atoms with van der Waals surface area (Å²) in [4.78, 5) is 26.8. The van der Waals surface area contributed by atoms with Crippen LogP contribution < -0.4 is 20.2 Å². The van der Waals surface area contributed by atoms with Crippen molar-refractivity contribution < 1.29 is 19.1 Å².